The van der Waals surface area contributed by atoms with Crippen molar-refractivity contribution in [3.8, 4) is 0 Å². The summed E-state index contributed by atoms with van der Waals surface area (Å²) in [5, 5.41) is 8.34. The Hall–Kier alpha value is -3.12. The fourth-order valence-electron chi connectivity index (χ4n) is 4.62. The minimum atomic E-state index is -0.248. The molecule has 0 spiro atoms. The molecule has 6 heteroatoms. The van der Waals surface area contributed by atoms with Crippen LogP contribution in [0.1, 0.15) is 31.4 Å². The predicted molar refractivity (Wildman–Crippen MR) is 159 cm³/mol. The van der Waals surface area contributed by atoms with Crippen LogP contribution in [0.4, 0.5) is 17.1 Å². The van der Waals surface area contributed by atoms with Crippen molar-refractivity contribution in [1.82, 2.24) is 10.3 Å². The molecule has 0 radical (unpaired) electrons. The number of pyridine rings is 1. The molecule has 0 saturated carbocycles. The molecule has 1 aliphatic heterocycles. The standard InChI is InChI=1S/C18H22N2.C13H16ClN3/c1-19-13-6-14-20-17-9-4-2-7-15(17)11-12-16-8-3-5-10-18(16)20;1-13(2,15)8-17-11-5-6-16-12-7-9(14)3-4-10(11)12/h2-5,7-10,19H,6,11-14H2,1H3;3-7H,8,15H2,1-2H3,(H,16,17). The van der Waals surface area contributed by atoms with Gasteiger partial charge in [-0.15, -0.1) is 0 Å². The molecule has 194 valence electrons. The Kier molecular flexibility index (Phi) is 9.04. The molecule has 5 rings (SSSR count). The molecule has 0 saturated heterocycles. The first kappa shape index (κ1) is 26.9. The lowest BCUT2D eigenvalue weighted by Gasteiger charge is -2.27. The van der Waals surface area contributed by atoms with Crippen LogP contribution in [0.3, 0.4) is 0 Å². The van der Waals surface area contributed by atoms with Gasteiger partial charge in [0.1, 0.15) is 0 Å². The van der Waals surface area contributed by atoms with Crippen molar-refractivity contribution in [2.75, 3.05) is 36.9 Å². The van der Waals surface area contributed by atoms with Crippen molar-refractivity contribution in [3.05, 3.63) is 95.1 Å². The van der Waals surface area contributed by atoms with Gasteiger partial charge in [-0.05, 0) is 94.2 Å². The number of halogens is 1. The predicted octanol–water partition coefficient (Wildman–Crippen LogP) is 6.57. The highest BCUT2D eigenvalue weighted by Crippen LogP contribution is 2.35. The highest BCUT2D eigenvalue weighted by Gasteiger charge is 2.19. The van der Waals surface area contributed by atoms with E-state index in [2.05, 4.69) is 69.0 Å². The number of fused-ring (bicyclic) bond motifs is 3. The molecule has 1 aliphatic rings. The zero-order chi connectivity index (χ0) is 26.3. The number of benzene rings is 3. The molecule has 0 fully saturated rings. The van der Waals surface area contributed by atoms with Gasteiger partial charge in [0.15, 0.2) is 0 Å². The van der Waals surface area contributed by atoms with Crippen molar-refractivity contribution in [2.45, 2.75) is 38.6 Å². The molecule has 4 N–H and O–H groups in total. The number of aryl methyl sites for hydroxylation is 2. The minimum absolute atomic E-state index is 0.248. The Morgan fingerprint density at radius 2 is 1.59 bits per heavy atom. The Balaban J connectivity index is 0.000000176. The van der Waals surface area contributed by atoms with Crippen LogP contribution in [0, 0.1) is 0 Å². The maximum Gasteiger partial charge on any atom is 0.0737 e. The lowest BCUT2D eigenvalue weighted by molar-refractivity contribution is 0.549. The number of nitrogens with zero attached hydrogens (tertiary/aromatic N) is 2. The first-order valence-corrected chi connectivity index (χ1v) is 13.4. The average molecular weight is 516 g/mol. The zero-order valence-corrected chi connectivity index (χ0v) is 22.9. The molecule has 0 atom stereocenters. The maximum absolute atomic E-state index is 5.95. The number of para-hydroxylation sites is 2. The molecule has 2 heterocycles. The van der Waals surface area contributed by atoms with Gasteiger partial charge in [0, 0.05) is 52.3 Å². The maximum atomic E-state index is 5.95. The Morgan fingerprint density at radius 3 is 2.22 bits per heavy atom. The van der Waals surface area contributed by atoms with Gasteiger partial charge in [0.2, 0.25) is 0 Å². The number of nitrogens with one attached hydrogen (secondary N) is 2. The number of rotatable bonds is 7. The third kappa shape index (κ3) is 7.22. The van der Waals surface area contributed by atoms with Crippen LogP contribution >= 0.6 is 11.6 Å². The molecule has 0 bridgehead atoms. The molecule has 37 heavy (non-hydrogen) atoms. The van der Waals surface area contributed by atoms with E-state index >= 15 is 0 Å². The highest BCUT2D eigenvalue weighted by molar-refractivity contribution is 6.31. The lowest BCUT2D eigenvalue weighted by atomic mass is 10.0. The van der Waals surface area contributed by atoms with Crippen molar-refractivity contribution < 1.29 is 0 Å². The SMILES string of the molecule is CC(C)(N)CNc1ccnc2cc(Cl)ccc12.CNCCCN1c2ccccc2CCc2ccccc21. The topological polar surface area (TPSA) is 66.2 Å². The van der Waals surface area contributed by atoms with Crippen LogP contribution in [0.25, 0.3) is 10.9 Å². The summed E-state index contributed by atoms with van der Waals surface area (Å²) in [6.07, 6.45) is 5.19. The van der Waals surface area contributed by atoms with Gasteiger partial charge in [-0.2, -0.15) is 0 Å². The van der Waals surface area contributed by atoms with Crippen molar-refractivity contribution >= 4 is 39.6 Å². The van der Waals surface area contributed by atoms with E-state index in [1.165, 1.54) is 22.5 Å². The van der Waals surface area contributed by atoms with E-state index in [9.17, 15) is 0 Å². The van der Waals surface area contributed by atoms with Gasteiger partial charge in [-0.25, -0.2) is 0 Å². The molecule has 0 amide bonds. The third-order valence-corrected chi connectivity index (χ3v) is 6.71. The van der Waals surface area contributed by atoms with E-state index in [0.717, 1.165) is 48.9 Å². The van der Waals surface area contributed by atoms with Crippen LogP contribution in [0.15, 0.2) is 79.0 Å². The number of hydrogen-bond acceptors (Lipinski definition) is 5. The van der Waals surface area contributed by atoms with Gasteiger partial charge < -0.3 is 21.3 Å². The highest BCUT2D eigenvalue weighted by atomic mass is 35.5. The normalized spacial score (nSPS) is 12.7. The van der Waals surface area contributed by atoms with Crippen LogP contribution < -0.4 is 21.3 Å². The van der Waals surface area contributed by atoms with Crippen LogP contribution in [0.5, 0.6) is 0 Å². The van der Waals surface area contributed by atoms with Crippen molar-refractivity contribution in [1.29, 1.82) is 0 Å². The van der Waals surface area contributed by atoms with Gasteiger partial charge >= 0.3 is 0 Å². The zero-order valence-electron chi connectivity index (χ0n) is 22.1. The van der Waals surface area contributed by atoms with Gasteiger partial charge in [0.25, 0.3) is 0 Å². The summed E-state index contributed by atoms with van der Waals surface area (Å²) in [6, 6.07) is 25.3. The fraction of sp³-hybridized carbons (Fsp3) is 0.323. The molecular formula is C31H38ClN5. The summed E-state index contributed by atoms with van der Waals surface area (Å²) in [6.45, 7) is 6.80. The number of hydrogen-bond donors (Lipinski definition) is 3. The first-order chi connectivity index (χ1) is 17.9. The van der Waals surface area contributed by atoms with E-state index in [1.807, 2.05) is 45.2 Å². The minimum Gasteiger partial charge on any atom is -0.383 e. The number of nitrogens with two attached hydrogens (primary N) is 1. The summed E-state index contributed by atoms with van der Waals surface area (Å²) >= 11 is 5.94. The third-order valence-electron chi connectivity index (χ3n) is 6.48. The second kappa shape index (κ2) is 12.4. The Morgan fingerprint density at radius 1 is 0.946 bits per heavy atom. The van der Waals surface area contributed by atoms with Gasteiger partial charge in [0.05, 0.1) is 5.52 Å². The van der Waals surface area contributed by atoms with E-state index in [-0.39, 0.29) is 5.54 Å². The Bertz CT molecular complexity index is 1270. The summed E-state index contributed by atoms with van der Waals surface area (Å²) in [5.74, 6) is 0. The first-order valence-electron chi connectivity index (χ1n) is 13.0. The van der Waals surface area contributed by atoms with Crippen molar-refractivity contribution in [2.24, 2.45) is 5.73 Å². The molecule has 4 aromatic rings. The second-order valence-electron chi connectivity index (χ2n) is 10.2. The molecular weight excluding hydrogens is 478 g/mol. The summed E-state index contributed by atoms with van der Waals surface area (Å²) < 4.78 is 0. The fourth-order valence-corrected chi connectivity index (χ4v) is 4.79. The summed E-state index contributed by atoms with van der Waals surface area (Å²) in [5.41, 5.74) is 13.3. The smallest absolute Gasteiger partial charge is 0.0737 e. The molecule has 0 aliphatic carbocycles. The van der Waals surface area contributed by atoms with Gasteiger partial charge in [-0.1, -0.05) is 48.0 Å². The van der Waals surface area contributed by atoms with E-state index in [1.54, 1.807) is 6.20 Å². The number of anilines is 3. The van der Waals surface area contributed by atoms with Crippen LogP contribution in [0.2, 0.25) is 5.02 Å². The van der Waals surface area contributed by atoms with E-state index < -0.39 is 0 Å². The average Bonchev–Trinajstić information content (AvgIpc) is 3.04. The second-order valence-corrected chi connectivity index (χ2v) is 10.7. The summed E-state index contributed by atoms with van der Waals surface area (Å²) in [4.78, 5) is 6.79. The van der Waals surface area contributed by atoms with Gasteiger partial charge in [-0.3, -0.25) is 4.98 Å². The molecule has 1 aromatic heterocycles. The summed E-state index contributed by atoms with van der Waals surface area (Å²) in [7, 11) is 2.02. The van der Waals surface area contributed by atoms with E-state index in [0.29, 0.717) is 11.6 Å². The Labute approximate surface area is 226 Å². The molecule has 3 aromatic carbocycles. The van der Waals surface area contributed by atoms with E-state index in [4.69, 9.17) is 17.3 Å². The largest absolute Gasteiger partial charge is 0.383 e. The monoisotopic (exact) mass is 515 g/mol. The quantitative estimate of drug-likeness (QED) is 0.243. The number of aromatic nitrogens is 1. The van der Waals surface area contributed by atoms with Crippen molar-refractivity contribution in [3.63, 3.8) is 0 Å². The van der Waals surface area contributed by atoms with Crippen LogP contribution in [-0.2, 0) is 12.8 Å². The molecule has 0 unspecified atom stereocenters. The lowest BCUT2D eigenvalue weighted by Crippen LogP contribution is -2.39. The molecule has 5 nitrogen and oxygen atoms in total. The van der Waals surface area contributed by atoms with Crippen LogP contribution in [-0.4, -0.2) is 37.2 Å².